The van der Waals surface area contributed by atoms with Crippen molar-refractivity contribution in [3.63, 3.8) is 0 Å². The lowest BCUT2D eigenvalue weighted by molar-refractivity contribution is 0.203. The van der Waals surface area contributed by atoms with Gasteiger partial charge in [-0.2, -0.15) is 0 Å². The molecule has 0 bridgehead atoms. The third-order valence-electron chi connectivity index (χ3n) is 3.78. The summed E-state index contributed by atoms with van der Waals surface area (Å²) in [6.07, 6.45) is 0. The first kappa shape index (κ1) is 18.7. The highest BCUT2D eigenvalue weighted by atomic mass is 19.2. The van der Waals surface area contributed by atoms with E-state index in [2.05, 4.69) is 5.32 Å². The Labute approximate surface area is 146 Å². The fourth-order valence-electron chi connectivity index (χ4n) is 2.36. The summed E-state index contributed by atoms with van der Waals surface area (Å²) in [5.41, 5.74) is 1.46. The number of carbonyl (C=O) groups excluding carboxylic acids is 1. The van der Waals surface area contributed by atoms with E-state index in [-0.39, 0.29) is 6.03 Å². The van der Waals surface area contributed by atoms with Gasteiger partial charge in [-0.1, -0.05) is 18.2 Å². The number of nitrogens with one attached hydrogen (secondary N) is 1. The Hall–Kier alpha value is -2.63. The first-order chi connectivity index (χ1) is 11.9. The van der Waals surface area contributed by atoms with Crippen LogP contribution in [0.25, 0.3) is 0 Å². The van der Waals surface area contributed by atoms with Crippen LogP contribution >= 0.6 is 0 Å². The lowest BCUT2D eigenvalue weighted by Gasteiger charge is -2.22. The largest absolute Gasteiger partial charge is 0.494 e. The summed E-state index contributed by atoms with van der Waals surface area (Å²) in [5, 5.41) is 2.77. The second-order valence-electron chi connectivity index (χ2n) is 5.78. The SMILES string of the molecule is CCOc1ccc(CN(C)C(=O)NC(C)c2ccc(F)c(F)c2)cc1. The highest BCUT2D eigenvalue weighted by Gasteiger charge is 2.15. The summed E-state index contributed by atoms with van der Waals surface area (Å²) in [6.45, 7) is 4.65. The topological polar surface area (TPSA) is 41.6 Å². The van der Waals surface area contributed by atoms with Crippen LogP contribution in [0.15, 0.2) is 42.5 Å². The fourth-order valence-corrected chi connectivity index (χ4v) is 2.36. The highest BCUT2D eigenvalue weighted by Crippen LogP contribution is 2.17. The van der Waals surface area contributed by atoms with Gasteiger partial charge < -0.3 is 15.0 Å². The molecule has 0 saturated carbocycles. The van der Waals surface area contributed by atoms with E-state index in [4.69, 9.17) is 4.74 Å². The number of nitrogens with zero attached hydrogens (tertiary/aromatic N) is 1. The zero-order valence-electron chi connectivity index (χ0n) is 14.6. The molecule has 2 amide bonds. The molecule has 4 nitrogen and oxygen atoms in total. The van der Waals surface area contributed by atoms with Gasteiger partial charge in [0.15, 0.2) is 11.6 Å². The number of benzene rings is 2. The van der Waals surface area contributed by atoms with E-state index in [9.17, 15) is 13.6 Å². The van der Waals surface area contributed by atoms with Crippen LogP contribution < -0.4 is 10.1 Å². The molecule has 25 heavy (non-hydrogen) atoms. The third kappa shape index (κ3) is 5.17. The Morgan fingerprint density at radius 3 is 2.44 bits per heavy atom. The van der Waals surface area contributed by atoms with Crippen molar-refractivity contribution in [1.29, 1.82) is 0 Å². The average Bonchev–Trinajstić information content (AvgIpc) is 2.59. The summed E-state index contributed by atoms with van der Waals surface area (Å²) in [7, 11) is 1.67. The summed E-state index contributed by atoms with van der Waals surface area (Å²) < 4.78 is 31.7. The Morgan fingerprint density at radius 1 is 1.16 bits per heavy atom. The van der Waals surface area contributed by atoms with Gasteiger partial charge in [0.05, 0.1) is 12.6 Å². The number of urea groups is 1. The summed E-state index contributed by atoms with van der Waals surface area (Å²) >= 11 is 0. The van der Waals surface area contributed by atoms with Gasteiger partial charge in [-0.25, -0.2) is 13.6 Å². The Kier molecular flexibility index (Phi) is 6.33. The van der Waals surface area contributed by atoms with E-state index in [1.54, 1.807) is 14.0 Å². The van der Waals surface area contributed by atoms with E-state index in [1.165, 1.54) is 11.0 Å². The predicted molar refractivity (Wildman–Crippen MR) is 92.4 cm³/mol. The number of rotatable bonds is 6. The number of hydrogen-bond acceptors (Lipinski definition) is 2. The first-order valence-corrected chi connectivity index (χ1v) is 8.09. The lowest BCUT2D eigenvalue weighted by Crippen LogP contribution is -2.38. The van der Waals surface area contributed by atoms with Gasteiger partial charge in [0.2, 0.25) is 0 Å². The van der Waals surface area contributed by atoms with Crippen molar-refractivity contribution in [3.05, 3.63) is 65.2 Å². The highest BCUT2D eigenvalue weighted by molar-refractivity contribution is 5.74. The van der Waals surface area contributed by atoms with Crippen LogP contribution in [0, 0.1) is 11.6 Å². The molecule has 0 heterocycles. The smallest absolute Gasteiger partial charge is 0.317 e. The van der Waals surface area contributed by atoms with Crippen LogP contribution in [0.3, 0.4) is 0 Å². The van der Waals surface area contributed by atoms with Crippen molar-refractivity contribution >= 4 is 6.03 Å². The van der Waals surface area contributed by atoms with Crippen molar-refractivity contribution in [2.45, 2.75) is 26.4 Å². The first-order valence-electron chi connectivity index (χ1n) is 8.09. The minimum Gasteiger partial charge on any atom is -0.494 e. The van der Waals surface area contributed by atoms with Crippen LogP contribution in [0.2, 0.25) is 0 Å². The predicted octanol–water partition coefficient (Wildman–Crippen LogP) is 4.27. The van der Waals surface area contributed by atoms with Crippen LogP contribution in [0.1, 0.15) is 31.0 Å². The van der Waals surface area contributed by atoms with E-state index in [0.717, 1.165) is 23.4 Å². The molecule has 134 valence electrons. The molecule has 0 aliphatic carbocycles. The Balaban J connectivity index is 1.93. The minimum atomic E-state index is -0.929. The second-order valence-corrected chi connectivity index (χ2v) is 5.78. The van der Waals surface area contributed by atoms with Crippen LogP contribution in [0.4, 0.5) is 13.6 Å². The van der Waals surface area contributed by atoms with Gasteiger partial charge >= 0.3 is 6.03 Å². The van der Waals surface area contributed by atoms with Gasteiger partial charge in [0, 0.05) is 13.6 Å². The molecule has 2 aromatic rings. The molecule has 0 aliphatic rings. The molecule has 0 radical (unpaired) electrons. The number of ether oxygens (including phenoxy) is 1. The maximum atomic E-state index is 13.3. The standard InChI is InChI=1S/C19H22F2N2O2/c1-4-25-16-8-5-14(6-9-16)12-23(3)19(24)22-13(2)15-7-10-17(20)18(21)11-15/h5-11,13H,4,12H2,1-3H3,(H,22,24). The van der Waals surface area contributed by atoms with Gasteiger partial charge in [-0.05, 0) is 49.2 Å². The van der Waals surface area contributed by atoms with Crippen molar-refractivity contribution in [3.8, 4) is 5.75 Å². The number of carbonyl (C=O) groups is 1. The molecule has 2 aromatic carbocycles. The third-order valence-corrected chi connectivity index (χ3v) is 3.78. The molecule has 0 saturated heterocycles. The van der Waals surface area contributed by atoms with E-state index < -0.39 is 17.7 Å². The van der Waals surface area contributed by atoms with Gasteiger partial charge in [0.1, 0.15) is 5.75 Å². The molecule has 1 atom stereocenters. The van der Waals surface area contributed by atoms with Gasteiger partial charge in [-0.15, -0.1) is 0 Å². The normalized spacial score (nSPS) is 11.7. The monoisotopic (exact) mass is 348 g/mol. The summed E-state index contributed by atoms with van der Waals surface area (Å²) in [6, 6.07) is 10.4. The van der Waals surface area contributed by atoms with Crippen molar-refractivity contribution in [2.24, 2.45) is 0 Å². The average molecular weight is 348 g/mol. The lowest BCUT2D eigenvalue weighted by atomic mass is 10.1. The number of amides is 2. The van der Waals surface area contributed by atoms with Crippen LogP contribution in [-0.4, -0.2) is 24.6 Å². The molecule has 6 heteroatoms. The Bertz CT molecular complexity index is 720. The van der Waals surface area contributed by atoms with Gasteiger partial charge in [0.25, 0.3) is 0 Å². The van der Waals surface area contributed by atoms with E-state index in [0.29, 0.717) is 18.7 Å². The zero-order chi connectivity index (χ0) is 18.4. The van der Waals surface area contributed by atoms with Crippen LogP contribution in [-0.2, 0) is 6.54 Å². The van der Waals surface area contributed by atoms with Crippen molar-refractivity contribution < 1.29 is 18.3 Å². The van der Waals surface area contributed by atoms with E-state index in [1.807, 2.05) is 31.2 Å². The molecule has 0 spiro atoms. The minimum absolute atomic E-state index is 0.300. The number of hydrogen-bond donors (Lipinski definition) is 1. The maximum Gasteiger partial charge on any atom is 0.317 e. The fraction of sp³-hybridized carbons (Fsp3) is 0.316. The van der Waals surface area contributed by atoms with Gasteiger partial charge in [-0.3, -0.25) is 0 Å². The van der Waals surface area contributed by atoms with E-state index >= 15 is 0 Å². The Morgan fingerprint density at radius 2 is 1.84 bits per heavy atom. The maximum absolute atomic E-state index is 13.3. The summed E-state index contributed by atoms with van der Waals surface area (Å²) in [5.74, 6) is -1.05. The van der Waals surface area contributed by atoms with Crippen LogP contribution in [0.5, 0.6) is 5.75 Å². The molecule has 0 aliphatic heterocycles. The van der Waals surface area contributed by atoms with Crippen molar-refractivity contribution in [1.82, 2.24) is 10.2 Å². The number of halogens is 2. The molecule has 1 unspecified atom stereocenters. The molecule has 1 N–H and O–H groups in total. The quantitative estimate of drug-likeness (QED) is 0.847. The molecule has 0 aromatic heterocycles. The molecular weight excluding hydrogens is 326 g/mol. The molecule has 0 fully saturated rings. The summed E-state index contributed by atoms with van der Waals surface area (Å²) in [4.78, 5) is 13.8. The second kappa shape index (κ2) is 8.46. The van der Waals surface area contributed by atoms with Crippen molar-refractivity contribution in [2.75, 3.05) is 13.7 Å². The molecular formula is C19H22F2N2O2. The zero-order valence-corrected chi connectivity index (χ0v) is 14.6. The molecule has 2 rings (SSSR count).